The highest BCUT2D eigenvalue weighted by atomic mass is 35.5. The third-order valence-electron chi connectivity index (χ3n) is 6.42. The Labute approximate surface area is 191 Å². The summed E-state index contributed by atoms with van der Waals surface area (Å²) in [6.45, 7) is 2.66. The van der Waals surface area contributed by atoms with Gasteiger partial charge in [-0.2, -0.15) is 0 Å². The highest BCUT2D eigenvalue weighted by Crippen LogP contribution is 2.57. The zero-order valence-corrected chi connectivity index (χ0v) is 18.6. The number of unbranched alkanes of at least 4 members (excludes halogenated alkanes) is 2. The lowest BCUT2D eigenvalue weighted by Crippen LogP contribution is -2.31. The van der Waals surface area contributed by atoms with Gasteiger partial charge in [-0.3, -0.25) is 0 Å². The van der Waals surface area contributed by atoms with E-state index in [0.29, 0.717) is 34.4 Å². The van der Waals surface area contributed by atoms with Crippen molar-refractivity contribution in [1.29, 1.82) is 0 Å². The number of hydrogen-bond acceptors (Lipinski definition) is 6. The van der Waals surface area contributed by atoms with Crippen LogP contribution in [0.1, 0.15) is 50.0 Å². The summed E-state index contributed by atoms with van der Waals surface area (Å²) in [7, 11) is 0. The van der Waals surface area contributed by atoms with Crippen LogP contribution in [0.5, 0.6) is 0 Å². The summed E-state index contributed by atoms with van der Waals surface area (Å²) in [4.78, 5) is 13.9. The van der Waals surface area contributed by atoms with Gasteiger partial charge in [0.1, 0.15) is 6.10 Å². The van der Waals surface area contributed by atoms with Crippen LogP contribution in [0.25, 0.3) is 11.2 Å². The number of aliphatic hydroxyl groups is 2. The normalized spacial score (nSPS) is 25.9. The molecular formula is C24H26ClN5O2. The Morgan fingerprint density at radius 3 is 2.84 bits per heavy atom. The Hall–Kier alpha value is -2.66. The van der Waals surface area contributed by atoms with Crippen LogP contribution in [0.15, 0.2) is 30.6 Å². The average molecular weight is 452 g/mol. The molecule has 0 radical (unpaired) electrons. The molecule has 2 heterocycles. The van der Waals surface area contributed by atoms with E-state index in [1.54, 1.807) is 6.33 Å². The monoisotopic (exact) mass is 451 g/mol. The Balaban J connectivity index is 1.51. The molecule has 8 heteroatoms. The van der Waals surface area contributed by atoms with Crippen molar-refractivity contribution in [2.75, 3.05) is 5.32 Å². The van der Waals surface area contributed by atoms with Crippen molar-refractivity contribution in [1.82, 2.24) is 19.5 Å². The van der Waals surface area contributed by atoms with Gasteiger partial charge in [0, 0.05) is 18.0 Å². The lowest BCUT2D eigenvalue weighted by molar-refractivity contribution is 0.00386. The van der Waals surface area contributed by atoms with Gasteiger partial charge in [-0.15, -0.1) is 0 Å². The molecule has 5 rings (SSSR count). The molecule has 0 saturated heterocycles. The number of nitrogens with one attached hydrogen (secondary N) is 1. The van der Waals surface area contributed by atoms with Crippen molar-refractivity contribution in [2.45, 2.75) is 57.4 Å². The summed E-state index contributed by atoms with van der Waals surface area (Å²) in [6, 6.07) is 7.40. The van der Waals surface area contributed by atoms with E-state index in [0.717, 1.165) is 31.2 Å². The number of rotatable bonds is 6. The molecule has 3 N–H and O–H groups in total. The fraction of sp³-hybridized carbons (Fsp3) is 0.458. The van der Waals surface area contributed by atoms with Crippen molar-refractivity contribution < 1.29 is 10.2 Å². The second kappa shape index (κ2) is 8.70. The second-order valence-corrected chi connectivity index (χ2v) is 9.08. The minimum Gasteiger partial charge on any atom is -0.390 e. The van der Waals surface area contributed by atoms with Gasteiger partial charge in [0.15, 0.2) is 17.0 Å². The Morgan fingerprint density at radius 2 is 2.09 bits per heavy atom. The van der Waals surface area contributed by atoms with Crippen molar-refractivity contribution in [3.63, 3.8) is 0 Å². The molecule has 5 atom stereocenters. The molecule has 32 heavy (non-hydrogen) atoms. The van der Waals surface area contributed by atoms with Crippen LogP contribution in [0.2, 0.25) is 5.02 Å². The predicted molar refractivity (Wildman–Crippen MR) is 123 cm³/mol. The number of fused-ring (bicyclic) bond motifs is 2. The van der Waals surface area contributed by atoms with Crippen molar-refractivity contribution in [2.24, 2.45) is 11.8 Å². The van der Waals surface area contributed by atoms with Gasteiger partial charge in [-0.1, -0.05) is 43.0 Å². The van der Waals surface area contributed by atoms with Gasteiger partial charge in [0.2, 0.25) is 5.82 Å². The predicted octanol–water partition coefficient (Wildman–Crippen LogP) is 3.55. The molecule has 7 nitrogen and oxygen atoms in total. The number of halogens is 1. The molecule has 0 aliphatic heterocycles. The maximum absolute atomic E-state index is 10.6. The fourth-order valence-corrected chi connectivity index (χ4v) is 4.87. The van der Waals surface area contributed by atoms with Gasteiger partial charge in [0.05, 0.1) is 18.5 Å². The second-order valence-electron chi connectivity index (χ2n) is 8.64. The maximum atomic E-state index is 10.6. The summed E-state index contributed by atoms with van der Waals surface area (Å²) in [6.07, 6.45) is 3.99. The molecule has 0 amide bonds. The fourth-order valence-electron chi connectivity index (χ4n) is 4.65. The average Bonchev–Trinajstić information content (AvgIpc) is 3.39. The number of aliphatic hydroxyl groups excluding tert-OH is 2. The summed E-state index contributed by atoms with van der Waals surface area (Å²) in [5, 5.41) is 24.9. The number of anilines is 1. The minimum absolute atomic E-state index is 0.156. The lowest BCUT2D eigenvalue weighted by atomic mass is 10.1. The van der Waals surface area contributed by atoms with E-state index in [9.17, 15) is 10.2 Å². The Kier molecular flexibility index (Phi) is 5.76. The topological polar surface area (TPSA) is 96.1 Å². The first kappa shape index (κ1) is 21.2. The van der Waals surface area contributed by atoms with Crippen LogP contribution in [-0.4, -0.2) is 41.9 Å². The van der Waals surface area contributed by atoms with Crippen molar-refractivity contribution >= 4 is 28.6 Å². The third-order valence-corrected chi connectivity index (χ3v) is 6.65. The largest absolute Gasteiger partial charge is 0.390 e. The summed E-state index contributed by atoms with van der Waals surface area (Å²) in [5.41, 5.74) is 2.27. The van der Waals surface area contributed by atoms with Crippen LogP contribution in [0, 0.1) is 23.7 Å². The van der Waals surface area contributed by atoms with Gasteiger partial charge in [-0.25, -0.2) is 15.0 Å². The van der Waals surface area contributed by atoms with E-state index < -0.39 is 12.2 Å². The molecule has 0 spiro atoms. The van der Waals surface area contributed by atoms with Crippen LogP contribution in [0.3, 0.4) is 0 Å². The number of hydrogen-bond donors (Lipinski definition) is 3. The lowest BCUT2D eigenvalue weighted by Gasteiger charge is -2.22. The Bertz CT molecular complexity index is 1200. The van der Waals surface area contributed by atoms with Gasteiger partial charge in [0.25, 0.3) is 0 Å². The number of nitrogens with zero attached hydrogens (tertiary/aromatic N) is 4. The molecular weight excluding hydrogens is 426 g/mol. The molecule has 2 aliphatic rings. The first-order valence-electron chi connectivity index (χ1n) is 11.1. The smallest absolute Gasteiger partial charge is 0.208 e. The van der Waals surface area contributed by atoms with E-state index in [4.69, 9.17) is 11.6 Å². The molecule has 2 saturated carbocycles. The highest BCUT2D eigenvalue weighted by Gasteiger charge is 2.60. The zero-order valence-electron chi connectivity index (χ0n) is 17.9. The highest BCUT2D eigenvalue weighted by molar-refractivity contribution is 6.30. The molecule has 166 valence electrons. The maximum Gasteiger partial charge on any atom is 0.208 e. The van der Waals surface area contributed by atoms with Gasteiger partial charge >= 0.3 is 0 Å². The molecule has 1 aromatic carbocycles. The van der Waals surface area contributed by atoms with Crippen molar-refractivity contribution in [3.05, 3.63) is 47.0 Å². The first-order chi connectivity index (χ1) is 15.6. The number of imidazole rings is 1. The van der Waals surface area contributed by atoms with Crippen LogP contribution in [-0.2, 0) is 6.54 Å². The van der Waals surface area contributed by atoms with E-state index in [1.807, 2.05) is 28.8 Å². The minimum atomic E-state index is -0.826. The first-order valence-corrected chi connectivity index (χ1v) is 11.5. The van der Waals surface area contributed by atoms with E-state index in [-0.39, 0.29) is 17.9 Å². The van der Waals surface area contributed by atoms with Crippen LogP contribution >= 0.6 is 11.6 Å². The SMILES string of the molecule is CCCCC#Cc1nc(NCc2cccc(Cl)c2)c2ncn([C@H]3[C@H](O)[C@H](O)[C@@H]4C[C@@H]43)c2n1. The standard InChI is InChI=1S/C24H26ClN5O2/c1-2-3-4-5-9-18-28-23(26-12-14-7-6-8-15(25)10-14)19-24(29-18)30(13-27-19)20-16-11-17(16)21(31)22(20)32/h6-8,10,13,16-17,20-22,31-32H,2-4,11-12H2,1H3,(H,26,28,29)/t16-,17+,20+,21+,22-/m0/s1. The summed E-state index contributed by atoms with van der Waals surface area (Å²) < 4.78 is 1.89. The van der Waals surface area contributed by atoms with E-state index >= 15 is 0 Å². The van der Waals surface area contributed by atoms with E-state index in [2.05, 4.69) is 39.0 Å². The van der Waals surface area contributed by atoms with Gasteiger partial charge < -0.3 is 20.1 Å². The molecule has 2 fully saturated rings. The summed E-state index contributed by atoms with van der Waals surface area (Å²) >= 11 is 6.12. The van der Waals surface area contributed by atoms with E-state index in [1.165, 1.54) is 0 Å². The molecule has 0 bridgehead atoms. The molecule has 2 aliphatic carbocycles. The molecule has 3 aromatic rings. The van der Waals surface area contributed by atoms with Crippen LogP contribution < -0.4 is 5.32 Å². The third kappa shape index (κ3) is 3.95. The zero-order chi connectivity index (χ0) is 22.2. The summed E-state index contributed by atoms with van der Waals surface area (Å²) in [5.74, 6) is 7.65. The number of benzene rings is 1. The van der Waals surface area contributed by atoms with Crippen LogP contribution in [0.4, 0.5) is 5.82 Å². The molecule has 0 unspecified atom stereocenters. The Morgan fingerprint density at radius 1 is 1.22 bits per heavy atom. The van der Waals surface area contributed by atoms with Gasteiger partial charge in [-0.05, 0) is 48.3 Å². The quantitative estimate of drug-likeness (QED) is 0.392. The molecule has 2 aromatic heterocycles. The number of aromatic nitrogens is 4. The van der Waals surface area contributed by atoms with Crippen molar-refractivity contribution in [3.8, 4) is 11.8 Å².